The van der Waals surface area contributed by atoms with Gasteiger partial charge >= 0.3 is 0 Å². The molecule has 2 aromatic heterocycles. The lowest BCUT2D eigenvalue weighted by atomic mass is 10.1. The van der Waals surface area contributed by atoms with Crippen LogP contribution in [-0.2, 0) is 16.6 Å². The van der Waals surface area contributed by atoms with Crippen molar-refractivity contribution in [1.82, 2.24) is 13.9 Å². The van der Waals surface area contributed by atoms with Crippen LogP contribution in [0.4, 0.5) is 10.2 Å². The fourth-order valence-corrected chi connectivity index (χ4v) is 5.72. The molecule has 0 atom stereocenters. The van der Waals surface area contributed by atoms with Gasteiger partial charge in [-0.05, 0) is 48.0 Å². The number of aromatic nitrogens is 2. The van der Waals surface area contributed by atoms with Crippen LogP contribution in [0, 0.1) is 5.82 Å². The Bertz CT molecular complexity index is 1400. The molecule has 0 unspecified atom stereocenters. The number of nitrogens with zero attached hydrogens (tertiary/aromatic N) is 4. The minimum Gasteiger partial charge on any atom is -0.354 e. The predicted octanol–water partition coefficient (Wildman–Crippen LogP) is 5.31. The second-order valence-electron chi connectivity index (χ2n) is 8.43. The highest BCUT2D eigenvalue weighted by Gasteiger charge is 2.22. The van der Waals surface area contributed by atoms with Gasteiger partial charge in [0.1, 0.15) is 11.6 Å². The van der Waals surface area contributed by atoms with E-state index in [0.717, 1.165) is 47.4 Å². The topological polar surface area (TPSA) is 58.4 Å². The summed E-state index contributed by atoms with van der Waals surface area (Å²) in [6, 6.07) is 19.6. The fraction of sp³-hybridized carbons (Fsp3) is 0.222. The van der Waals surface area contributed by atoms with Crippen molar-refractivity contribution < 1.29 is 12.8 Å². The molecule has 188 valence electrons. The van der Waals surface area contributed by atoms with Gasteiger partial charge in [0.05, 0.1) is 11.3 Å². The van der Waals surface area contributed by atoms with Crippen molar-refractivity contribution >= 4 is 42.7 Å². The molecule has 1 fully saturated rings. The molecule has 3 heterocycles. The number of fused-ring (bicyclic) bond motifs is 1. The molecule has 1 saturated heterocycles. The van der Waals surface area contributed by atoms with Gasteiger partial charge in [0.15, 0.2) is 0 Å². The van der Waals surface area contributed by atoms with Gasteiger partial charge in [0, 0.05) is 55.0 Å². The summed E-state index contributed by atoms with van der Waals surface area (Å²) < 4.78 is 39.6. The molecule has 0 amide bonds. The van der Waals surface area contributed by atoms with Crippen LogP contribution in [0.3, 0.4) is 0 Å². The summed E-state index contributed by atoms with van der Waals surface area (Å²) in [5.41, 5.74) is 1.72. The maximum absolute atomic E-state index is 12.7. The highest BCUT2D eigenvalue weighted by atomic mass is 79.9. The summed E-state index contributed by atoms with van der Waals surface area (Å²) in [6.07, 6.45) is 5.01. The van der Waals surface area contributed by atoms with Crippen LogP contribution in [0.15, 0.2) is 96.3 Å². The Balaban J connectivity index is 0.000000375. The van der Waals surface area contributed by atoms with Crippen molar-refractivity contribution in [1.29, 1.82) is 0 Å². The fourth-order valence-electron chi connectivity index (χ4n) is 4.16. The average molecular weight is 572 g/mol. The van der Waals surface area contributed by atoms with E-state index in [1.165, 1.54) is 22.2 Å². The van der Waals surface area contributed by atoms with E-state index in [1.807, 2.05) is 42.6 Å². The maximum Gasteiger partial charge on any atom is 0.242 e. The minimum atomic E-state index is -3.47. The summed E-state index contributed by atoms with van der Waals surface area (Å²) in [7, 11) is -3.47. The van der Waals surface area contributed by atoms with Gasteiger partial charge in [-0.25, -0.2) is 21.8 Å². The first-order chi connectivity index (χ1) is 17.4. The summed E-state index contributed by atoms with van der Waals surface area (Å²) in [4.78, 5) is 9.08. The standard InChI is InChI=1S/C21H23BrN4O2S.C6H5F/c1-2-13-29(27,28)26-16-17(19-14-18(22)6-7-20(19)26)15-24-9-11-25(12-10-24)21-5-3-4-8-23-21;7-6-4-2-1-3-5-6/h2-8,14,16H,1,9-13,15H2;1-5H. The molecular weight excluding hydrogens is 543 g/mol. The molecule has 0 aliphatic carbocycles. The van der Waals surface area contributed by atoms with E-state index in [9.17, 15) is 12.8 Å². The zero-order valence-corrected chi connectivity index (χ0v) is 22.2. The average Bonchev–Trinajstić information content (AvgIpc) is 3.24. The first-order valence-electron chi connectivity index (χ1n) is 11.6. The quantitative estimate of drug-likeness (QED) is 0.294. The number of halogens is 2. The Morgan fingerprint density at radius 2 is 1.72 bits per heavy atom. The van der Waals surface area contributed by atoms with Gasteiger partial charge < -0.3 is 4.90 Å². The highest BCUT2D eigenvalue weighted by Crippen LogP contribution is 2.28. The number of hydrogen-bond acceptors (Lipinski definition) is 5. The second-order valence-corrected chi connectivity index (χ2v) is 11.2. The van der Waals surface area contributed by atoms with Gasteiger partial charge in [0.25, 0.3) is 0 Å². The van der Waals surface area contributed by atoms with Crippen LogP contribution < -0.4 is 4.90 Å². The van der Waals surface area contributed by atoms with Crippen LogP contribution in [-0.4, -0.2) is 54.2 Å². The van der Waals surface area contributed by atoms with Gasteiger partial charge in [-0.3, -0.25) is 4.90 Å². The summed E-state index contributed by atoms with van der Waals surface area (Å²) in [5.74, 6) is 0.736. The molecule has 0 radical (unpaired) electrons. The lowest BCUT2D eigenvalue weighted by molar-refractivity contribution is 0.250. The molecule has 9 heteroatoms. The van der Waals surface area contributed by atoms with Crippen LogP contribution in [0.25, 0.3) is 10.9 Å². The lowest BCUT2D eigenvalue weighted by Gasteiger charge is -2.35. The van der Waals surface area contributed by atoms with E-state index in [-0.39, 0.29) is 11.6 Å². The number of pyridine rings is 1. The predicted molar refractivity (Wildman–Crippen MR) is 147 cm³/mol. The van der Waals surface area contributed by atoms with Crippen molar-refractivity contribution in [2.75, 3.05) is 36.8 Å². The zero-order chi connectivity index (χ0) is 25.5. The molecule has 36 heavy (non-hydrogen) atoms. The summed E-state index contributed by atoms with van der Waals surface area (Å²) in [5, 5.41) is 0.958. The van der Waals surface area contributed by atoms with E-state index in [2.05, 4.69) is 37.3 Å². The van der Waals surface area contributed by atoms with E-state index in [4.69, 9.17) is 0 Å². The molecule has 1 aliphatic heterocycles. The third kappa shape index (κ3) is 6.40. The van der Waals surface area contributed by atoms with Gasteiger partial charge in [-0.15, -0.1) is 6.58 Å². The summed E-state index contributed by atoms with van der Waals surface area (Å²) in [6.45, 7) is 7.88. The number of piperazine rings is 1. The van der Waals surface area contributed by atoms with Crippen molar-refractivity contribution in [3.05, 3.63) is 108 Å². The smallest absolute Gasteiger partial charge is 0.242 e. The van der Waals surface area contributed by atoms with Crippen molar-refractivity contribution in [2.24, 2.45) is 0 Å². The zero-order valence-electron chi connectivity index (χ0n) is 19.8. The molecule has 2 aromatic carbocycles. The largest absolute Gasteiger partial charge is 0.354 e. The second kappa shape index (κ2) is 11.8. The Morgan fingerprint density at radius 3 is 2.33 bits per heavy atom. The summed E-state index contributed by atoms with van der Waals surface area (Å²) >= 11 is 3.51. The first-order valence-corrected chi connectivity index (χ1v) is 14.0. The van der Waals surface area contributed by atoms with Crippen LogP contribution in [0.5, 0.6) is 0 Å². The third-order valence-electron chi connectivity index (χ3n) is 5.92. The van der Waals surface area contributed by atoms with Crippen molar-refractivity contribution in [3.8, 4) is 0 Å². The van der Waals surface area contributed by atoms with Gasteiger partial charge in [-0.2, -0.15) is 0 Å². The lowest BCUT2D eigenvalue weighted by Crippen LogP contribution is -2.46. The number of rotatable bonds is 6. The van der Waals surface area contributed by atoms with E-state index in [0.29, 0.717) is 12.1 Å². The maximum atomic E-state index is 12.7. The Hall–Kier alpha value is -3.01. The third-order valence-corrected chi connectivity index (χ3v) is 7.97. The Kier molecular flexibility index (Phi) is 8.56. The van der Waals surface area contributed by atoms with Crippen LogP contribution in [0.1, 0.15) is 5.56 Å². The normalized spacial score (nSPS) is 14.3. The van der Waals surface area contributed by atoms with Crippen LogP contribution >= 0.6 is 15.9 Å². The van der Waals surface area contributed by atoms with Crippen molar-refractivity contribution in [2.45, 2.75) is 6.54 Å². The van der Waals surface area contributed by atoms with Gasteiger partial charge in [-0.1, -0.05) is 46.3 Å². The Labute approximate surface area is 219 Å². The van der Waals surface area contributed by atoms with E-state index < -0.39 is 10.0 Å². The molecule has 0 spiro atoms. The molecule has 0 N–H and O–H groups in total. The molecule has 1 aliphatic rings. The van der Waals surface area contributed by atoms with E-state index >= 15 is 0 Å². The Morgan fingerprint density at radius 1 is 1.00 bits per heavy atom. The molecule has 0 bridgehead atoms. The van der Waals surface area contributed by atoms with Gasteiger partial charge in [0.2, 0.25) is 10.0 Å². The van der Waals surface area contributed by atoms with E-state index in [1.54, 1.807) is 24.4 Å². The molecule has 6 nitrogen and oxygen atoms in total. The molecule has 0 saturated carbocycles. The highest BCUT2D eigenvalue weighted by molar-refractivity contribution is 9.10. The monoisotopic (exact) mass is 570 g/mol. The SMILES string of the molecule is C=CCS(=O)(=O)n1cc(CN2CCN(c3ccccn3)CC2)c2cc(Br)ccc21.Fc1ccccc1. The minimum absolute atomic E-state index is 0.0883. The molecule has 4 aromatic rings. The molecular formula is C27H28BrFN4O2S. The van der Waals surface area contributed by atoms with Crippen LogP contribution in [0.2, 0.25) is 0 Å². The number of anilines is 1. The molecule has 5 rings (SSSR count). The number of hydrogen-bond donors (Lipinski definition) is 0. The van der Waals surface area contributed by atoms with Crippen molar-refractivity contribution in [3.63, 3.8) is 0 Å². The first kappa shape index (κ1) is 26.1. The number of benzene rings is 2.